The molecule has 1 aliphatic heterocycles. The fourth-order valence-electron chi connectivity index (χ4n) is 2.67. The quantitative estimate of drug-likeness (QED) is 0.918. The Morgan fingerprint density at radius 3 is 2.67 bits per heavy atom. The van der Waals surface area contributed by atoms with Crippen LogP contribution in [0.2, 0.25) is 0 Å². The average Bonchev–Trinajstić information content (AvgIpc) is 2.94. The Balaban J connectivity index is 1.84. The Morgan fingerprint density at radius 1 is 1.29 bits per heavy atom. The molecule has 1 atom stereocenters. The maximum Gasteiger partial charge on any atom is 0.410 e. The van der Waals surface area contributed by atoms with Crippen LogP contribution in [0.4, 0.5) is 4.79 Å². The summed E-state index contributed by atoms with van der Waals surface area (Å²) in [4.78, 5) is 25.9. The van der Waals surface area contributed by atoms with Crippen molar-refractivity contribution in [3.05, 3.63) is 29.8 Å². The number of ether oxygens (including phenoxy) is 2. The normalized spacial score (nSPS) is 17.5. The number of benzene rings is 1. The number of methoxy groups -OCH3 is 1. The van der Waals surface area contributed by atoms with Crippen LogP contribution in [0.3, 0.4) is 0 Å². The van der Waals surface area contributed by atoms with E-state index < -0.39 is 5.60 Å². The van der Waals surface area contributed by atoms with Gasteiger partial charge in [0, 0.05) is 24.7 Å². The van der Waals surface area contributed by atoms with E-state index in [1.165, 1.54) is 0 Å². The van der Waals surface area contributed by atoms with Gasteiger partial charge in [-0.3, -0.25) is 4.79 Å². The lowest BCUT2D eigenvalue weighted by molar-refractivity contribution is -0.121. The van der Waals surface area contributed by atoms with Gasteiger partial charge in [0.15, 0.2) is 0 Å². The molecule has 0 unspecified atom stereocenters. The van der Waals surface area contributed by atoms with Gasteiger partial charge >= 0.3 is 6.09 Å². The molecule has 24 heavy (non-hydrogen) atoms. The zero-order valence-corrected chi connectivity index (χ0v) is 14.8. The van der Waals surface area contributed by atoms with E-state index in [4.69, 9.17) is 9.47 Å². The molecule has 0 bridgehead atoms. The Bertz CT molecular complexity index is 595. The van der Waals surface area contributed by atoms with Gasteiger partial charge in [-0.05, 0) is 33.3 Å². The number of carbonyl (C=O) groups excluding carboxylic acids is 2. The van der Waals surface area contributed by atoms with Gasteiger partial charge in [-0.15, -0.1) is 0 Å². The molecule has 1 saturated heterocycles. The summed E-state index contributed by atoms with van der Waals surface area (Å²) in [5, 5.41) is 2.98. The van der Waals surface area contributed by atoms with Crippen LogP contribution >= 0.6 is 0 Å². The molecule has 1 aromatic rings. The van der Waals surface area contributed by atoms with Crippen molar-refractivity contribution in [1.29, 1.82) is 0 Å². The molecule has 1 aromatic carbocycles. The first-order valence-corrected chi connectivity index (χ1v) is 8.17. The Morgan fingerprint density at radius 2 is 2.00 bits per heavy atom. The standard InChI is InChI=1S/C18H26N2O4/c1-18(2,3)24-17(22)20-10-9-14(12-20)19-16(21)11-13-7-5-6-8-15(13)23-4/h5-8,14H,9-12H2,1-4H3,(H,19,21)/t14-/m1/s1. The van der Waals surface area contributed by atoms with Gasteiger partial charge in [-0.2, -0.15) is 0 Å². The molecule has 2 amide bonds. The smallest absolute Gasteiger partial charge is 0.410 e. The zero-order chi connectivity index (χ0) is 17.7. The lowest BCUT2D eigenvalue weighted by Gasteiger charge is -2.24. The topological polar surface area (TPSA) is 67.9 Å². The van der Waals surface area contributed by atoms with E-state index >= 15 is 0 Å². The number of likely N-dealkylation sites (tertiary alicyclic amines) is 1. The Labute approximate surface area is 143 Å². The van der Waals surface area contributed by atoms with Gasteiger partial charge < -0.3 is 19.7 Å². The van der Waals surface area contributed by atoms with E-state index in [1.807, 2.05) is 45.0 Å². The average molecular weight is 334 g/mol. The van der Waals surface area contributed by atoms with Crippen molar-refractivity contribution in [2.24, 2.45) is 0 Å². The maximum absolute atomic E-state index is 12.2. The minimum absolute atomic E-state index is 0.0419. The summed E-state index contributed by atoms with van der Waals surface area (Å²) in [5.41, 5.74) is 0.335. The highest BCUT2D eigenvalue weighted by Crippen LogP contribution is 2.19. The molecule has 0 aromatic heterocycles. The highest BCUT2D eigenvalue weighted by molar-refractivity contribution is 5.80. The summed E-state index contributed by atoms with van der Waals surface area (Å²) in [6.07, 6.45) is 0.660. The number of rotatable bonds is 4. The second-order valence-corrected chi connectivity index (χ2v) is 6.97. The van der Waals surface area contributed by atoms with Gasteiger partial charge in [0.05, 0.1) is 13.5 Å². The van der Waals surface area contributed by atoms with Crippen LogP contribution in [0.25, 0.3) is 0 Å². The van der Waals surface area contributed by atoms with Crippen LogP contribution in [0.15, 0.2) is 24.3 Å². The van der Waals surface area contributed by atoms with E-state index in [0.29, 0.717) is 18.8 Å². The molecule has 1 heterocycles. The molecule has 0 saturated carbocycles. The SMILES string of the molecule is COc1ccccc1CC(=O)N[C@@H]1CCN(C(=O)OC(C)(C)C)C1. The van der Waals surface area contributed by atoms with E-state index in [2.05, 4.69) is 5.32 Å². The molecular weight excluding hydrogens is 308 g/mol. The Kier molecular flexibility index (Phi) is 5.70. The van der Waals surface area contributed by atoms with Crippen LogP contribution in [-0.2, 0) is 16.0 Å². The van der Waals surface area contributed by atoms with Gasteiger partial charge in [-0.1, -0.05) is 18.2 Å². The third kappa shape index (κ3) is 5.15. The van der Waals surface area contributed by atoms with Crippen molar-refractivity contribution in [2.75, 3.05) is 20.2 Å². The molecule has 132 valence electrons. The van der Waals surface area contributed by atoms with Crippen LogP contribution in [-0.4, -0.2) is 48.7 Å². The first kappa shape index (κ1) is 18.1. The summed E-state index contributed by atoms with van der Waals surface area (Å²) >= 11 is 0. The molecule has 2 rings (SSSR count). The lowest BCUT2D eigenvalue weighted by atomic mass is 10.1. The third-order valence-corrected chi connectivity index (χ3v) is 3.75. The molecular formula is C18H26N2O4. The van der Waals surface area contributed by atoms with E-state index in [1.54, 1.807) is 12.0 Å². The van der Waals surface area contributed by atoms with E-state index in [0.717, 1.165) is 12.0 Å². The maximum atomic E-state index is 12.2. The van der Waals surface area contributed by atoms with Crippen LogP contribution in [0.5, 0.6) is 5.75 Å². The van der Waals surface area contributed by atoms with Crippen molar-refractivity contribution in [2.45, 2.75) is 45.3 Å². The van der Waals surface area contributed by atoms with Crippen LogP contribution < -0.4 is 10.1 Å². The van der Waals surface area contributed by atoms with Crippen molar-refractivity contribution in [3.8, 4) is 5.75 Å². The largest absolute Gasteiger partial charge is 0.496 e. The molecule has 1 aliphatic rings. The number of hydrogen-bond acceptors (Lipinski definition) is 4. The molecule has 1 N–H and O–H groups in total. The molecule has 6 heteroatoms. The number of hydrogen-bond donors (Lipinski definition) is 1. The highest BCUT2D eigenvalue weighted by atomic mass is 16.6. The number of nitrogens with zero attached hydrogens (tertiary/aromatic N) is 1. The van der Waals surface area contributed by atoms with Gasteiger partial charge in [0.1, 0.15) is 11.4 Å². The van der Waals surface area contributed by atoms with Crippen LogP contribution in [0, 0.1) is 0 Å². The second-order valence-electron chi connectivity index (χ2n) is 6.97. The molecule has 1 fully saturated rings. The van der Waals surface area contributed by atoms with Crippen molar-refractivity contribution < 1.29 is 19.1 Å². The minimum atomic E-state index is -0.512. The van der Waals surface area contributed by atoms with E-state index in [-0.39, 0.29) is 24.5 Å². The Hall–Kier alpha value is -2.24. The summed E-state index contributed by atoms with van der Waals surface area (Å²) < 4.78 is 10.6. The number of amides is 2. The first-order chi connectivity index (χ1) is 11.3. The highest BCUT2D eigenvalue weighted by Gasteiger charge is 2.30. The lowest BCUT2D eigenvalue weighted by Crippen LogP contribution is -2.40. The fraction of sp³-hybridized carbons (Fsp3) is 0.556. The number of nitrogens with one attached hydrogen (secondary N) is 1. The molecule has 0 aliphatic carbocycles. The third-order valence-electron chi connectivity index (χ3n) is 3.75. The minimum Gasteiger partial charge on any atom is -0.496 e. The molecule has 0 spiro atoms. The zero-order valence-electron chi connectivity index (χ0n) is 14.8. The first-order valence-electron chi connectivity index (χ1n) is 8.17. The summed E-state index contributed by atoms with van der Waals surface area (Å²) in [7, 11) is 1.59. The van der Waals surface area contributed by atoms with E-state index in [9.17, 15) is 9.59 Å². The summed E-state index contributed by atoms with van der Waals surface area (Å²) in [6, 6.07) is 7.42. The predicted octanol–water partition coefficient (Wildman–Crippen LogP) is 2.36. The fourth-order valence-corrected chi connectivity index (χ4v) is 2.67. The van der Waals surface area contributed by atoms with Crippen molar-refractivity contribution in [1.82, 2.24) is 10.2 Å². The molecule has 6 nitrogen and oxygen atoms in total. The second kappa shape index (κ2) is 7.55. The van der Waals surface area contributed by atoms with Gasteiger partial charge in [0.2, 0.25) is 5.91 Å². The molecule has 0 radical (unpaired) electrons. The van der Waals surface area contributed by atoms with Crippen LogP contribution in [0.1, 0.15) is 32.8 Å². The van der Waals surface area contributed by atoms with Gasteiger partial charge in [0.25, 0.3) is 0 Å². The van der Waals surface area contributed by atoms with Crippen molar-refractivity contribution in [3.63, 3.8) is 0 Å². The predicted molar refractivity (Wildman–Crippen MR) is 91.1 cm³/mol. The number of para-hydroxylation sites is 1. The van der Waals surface area contributed by atoms with Gasteiger partial charge in [-0.25, -0.2) is 4.79 Å². The summed E-state index contributed by atoms with van der Waals surface area (Å²) in [5.74, 6) is 0.630. The van der Waals surface area contributed by atoms with Crippen molar-refractivity contribution >= 4 is 12.0 Å². The monoisotopic (exact) mass is 334 g/mol. The number of carbonyl (C=O) groups is 2. The summed E-state index contributed by atoms with van der Waals surface area (Å²) in [6.45, 7) is 6.59.